The summed E-state index contributed by atoms with van der Waals surface area (Å²) in [6.07, 6.45) is 0. The second kappa shape index (κ2) is 7.75. The first-order valence-electron chi connectivity index (χ1n) is 8.36. The van der Waals surface area contributed by atoms with Crippen LogP contribution in [-0.4, -0.2) is 10.9 Å². The van der Waals surface area contributed by atoms with E-state index in [1.165, 1.54) is 6.07 Å². The molecule has 3 aromatic carbocycles. The van der Waals surface area contributed by atoms with Gasteiger partial charge in [0.15, 0.2) is 5.78 Å². The summed E-state index contributed by atoms with van der Waals surface area (Å²) in [5.74, 6) is 1.04. The number of hydrogen-bond acceptors (Lipinski definition) is 3. The Kier molecular flexibility index (Phi) is 5.43. The SMILES string of the molecule is CC(C)c1cc(C(=O)c2ccccc2)c(O)cc1Oc1ccc(Br)cc1. The molecule has 0 atom stereocenters. The molecule has 132 valence electrons. The van der Waals surface area contributed by atoms with E-state index in [9.17, 15) is 9.90 Å². The number of ketones is 1. The Labute approximate surface area is 161 Å². The third-order valence-electron chi connectivity index (χ3n) is 4.07. The molecule has 0 aliphatic heterocycles. The number of ether oxygens (including phenoxy) is 1. The minimum Gasteiger partial charge on any atom is -0.507 e. The van der Waals surface area contributed by atoms with E-state index in [1.807, 2.05) is 44.2 Å². The molecule has 0 radical (unpaired) electrons. The fraction of sp³-hybridized carbons (Fsp3) is 0.136. The Morgan fingerprint density at radius 3 is 2.27 bits per heavy atom. The molecule has 0 heterocycles. The van der Waals surface area contributed by atoms with Crippen LogP contribution in [-0.2, 0) is 0 Å². The lowest BCUT2D eigenvalue weighted by Crippen LogP contribution is -2.04. The standard InChI is InChI=1S/C22H19BrO3/c1-14(2)18-12-19(22(25)15-6-4-3-5-7-15)20(24)13-21(18)26-17-10-8-16(23)9-11-17/h3-14,24H,1-2H3. The second-order valence-corrected chi connectivity index (χ2v) is 7.23. The van der Waals surface area contributed by atoms with Crippen molar-refractivity contribution < 1.29 is 14.6 Å². The molecule has 0 unspecified atom stereocenters. The third kappa shape index (κ3) is 3.97. The molecule has 3 rings (SSSR count). The van der Waals surface area contributed by atoms with Gasteiger partial charge in [-0.3, -0.25) is 4.79 Å². The van der Waals surface area contributed by atoms with Crippen molar-refractivity contribution in [2.75, 3.05) is 0 Å². The Balaban J connectivity index is 2.01. The van der Waals surface area contributed by atoms with E-state index in [-0.39, 0.29) is 23.0 Å². The van der Waals surface area contributed by atoms with Gasteiger partial charge < -0.3 is 9.84 Å². The Bertz CT molecular complexity index is 916. The first-order valence-corrected chi connectivity index (χ1v) is 9.15. The highest BCUT2D eigenvalue weighted by Gasteiger charge is 2.19. The van der Waals surface area contributed by atoms with Gasteiger partial charge in [0.05, 0.1) is 5.56 Å². The molecule has 0 spiro atoms. The zero-order valence-electron chi connectivity index (χ0n) is 14.6. The van der Waals surface area contributed by atoms with E-state index in [2.05, 4.69) is 15.9 Å². The summed E-state index contributed by atoms with van der Waals surface area (Å²) in [5.41, 5.74) is 1.69. The number of hydrogen-bond donors (Lipinski definition) is 1. The van der Waals surface area contributed by atoms with Crippen molar-refractivity contribution in [1.29, 1.82) is 0 Å². The van der Waals surface area contributed by atoms with Crippen molar-refractivity contribution in [2.24, 2.45) is 0 Å². The van der Waals surface area contributed by atoms with Gasteiger partial charge in [0.1, 0.15) is 17.2 Å². The fourth-order valence-electron chi connectivity index (χ4n) is 2.68. The maximum atomic E-state index is 12.7. The number of phenols is 1. The summed E-state index contributed by atoms with van der Waals surface area (Å²) in [6, 6.07) is 19.6. The molecule has 0 aromatic heterocycles. The van der Waals surface area contributed by atoms with Gasteiger partial charge >= 0.3 is 0 Å². The van der Waals surface area contributed by atoms with Crippen LogP contribution in [0.4, 0.5) is 0 Å². The molecule has 0 aliphatic rings. The van der Waals surface area contributed by atoms with Gasteiger partial charge in [-0.15, -0.1) is 0 Å². The molecule has 4 heteroatoms. The van der Waals surface area contributed by atoms with Crippen molar-refractivity contribution in [3.8, 4) is 17.2 Å². The zero-order valence-corrected chi connectivity index (χ0v) is 16.2. The summed E-state index contributed by atoms with van der Waals surface area (Å²) in [5, 5.41) is 10.4. The summed E-state index contributed by atoms with van der Waals surface area (Å²) in [7, 11) is 0. The minimum atomic E-state index is -0.208. The summed E-state index contributed by atoms with van der Waals surface area (Å²) < 4.78 is 6.91. The Hall–Kier alpha value is -2.59. The third-order valence-corrected chi connectivity index (χ3v) is 4.60. The minimum absolute atomic E-state index is 0.0876. The van der Waals surface area contributed by atoms with Crippen LogP contribution < -0.4 is 4.74 Å². The van der Waals surface area contributed by atoms with Crippen LogP contribution in [0, 0.1) is 0 Å². The number of carbonyl (C=O) groups excluding carboxylic acids is 1. The Morgan fingerprint density at radius 2 is 1.65 bits per heavy atom. The molecule has 0 amide bonds. The van der Waals surface area contributed by atoms with E-state index in [0.29, 0.717) is 17.1 Å². The maximum Gasteiger partial charge on any atom is 0.196 e. The van der Waals surface area contributed by atoms with Crippen molar-refractivity contribution in [2.45, 2.75) is 19.8 Å². The van der Waals surface area contributed by atoms with Gasteiger partial charge in [0.2, 0.25) is 0 Å². The van der Waals surface area contributed by atoms with Gasteiger partial charge in [-0.1, -0.05) is 60.1 Å². The van der Waals surface area contributed by atoms with Gasteiger partial charge in [0, 0.05) is 16.1 Å². The van der Waals surface area contributed by atoms with Crippen LogP contribution in [0.3, 0.4) is 0 Å². The van der Waals surface area contributed by atoms with Crippen molar-refractivity contribution in [1.82, 2.24) is 0 Å². The summed E-state index contributed by atoms with van der Waals surface area (Å²) in [4.78, 5) is 12.7. The van der Waals surface area contributed by atoms with E-state index in [0.717, 1.165) is 10.0 Å². The number of phenolic OH excluding ortho intramolecular Hbond substituents is 1. The first-order chi connectivity index (χ1) is 12.5. The molecule has 0 saturated carbocycles. The zero-order chi connectivity index (χ0) is 18.7. The molecule has 0 aliphatic carbocycles. The van der Waals surface area contributed by atoms with E-state index < -0.39 is 0 Å². The largest absolute Gasteiger partial charge is 0.507 e. The van der Waals surface area contributed by atoms with Crippen LogP contribution in [0.25, 0.3) is 0 Å². The summed E-state index contributed by atoms with van der Waals surface area (Å²) >= 11 is 3.39. The van der Waals surface area contributed by atoms with Gasteiger partial charge in [-0.25, -0.2) is 0 Å². The van der Waals surface area contributed by atoms with Crippen LogP contribution >= 0.6 is 15.9 Å². The lowest BCUT2D eigenvalue weighted by Gasteiger charge is -2.16. The van der Waals surface area contributed by atoms with Crippen molar-refractivity contribution in [3.05, 3.63) is 87.9 Å². The number of benzene rings is 3. The van der Waals surface area contributed by atoms with Crippen molar-refractivity contribution in [3.63, 3.8) is 0 Å². The normalized spacial score (nSPS) is 10.8. The van der Waals surface area contributed by atoms with E-state index in [1.54, 1.807) is 30.3 Å². The topological polar surface area (TPSA) is 46.5 Å². The monoisotopic (exact) mass is 410 g/mol. The second-order valence-electron chi connectivity index (χ2n) is 6.31. The number of carbonyl (C=O) groups is 1. The van der Waals surface area contributed by atoms with Crippen LogP contribution in [0.2, 0.25) is 0 Å². The first kappa shape index (κ1) is 18.2. The molecule has 0 saturated heterocycles. The Morgan fingerprint density at radius 1 is 1.00 bits per heavy atom. The van der Waals surface area contributed by atoms with E-state index in [4.69, 9.17) is 4.74 Å². The average molecular weight is 411 g/mol. The molecule has 0 bridgehead atoms. The molecular formula is C22H19BrO3. The van der Waals surface area contributed by atoms with Gasteiger partial charge in [-0.05, 0) is 41.8 Å². The average Bonchev–Trinajstić information content (AvgIpc) is 2.64. The van der Waals surface area contributed by atoms with Crippen LogP contribution in [0.15, 0.2) is 71.2 Å². The molecule has 3 aromatic rings. The summed E-state index contributed by atoms with van der Waals surface area (Å²) in [6.45, 7) is 4.05. The molecule has 3 nitrogen and oxygen atoms in total. The van der Waals surface area contributed by atoms with Crippen LogP contribution in [0.5, 0.6) is 17.2 Å². The van der Waals surface area contributed by atoms with Gasteiger partial charge in [0.25, 0.3) is 0 Å². The smallest absolute Gasteiger partial charge is 0.196 e. The predicted molar refractivity (Wildman–Crippen MR) is 106 cm³/mol. The number of rotatable bonds is 5. The highest BCUT2D eigenvalue weighted by Crippen LogP contribution is 2.37. The van der Waals surface area contributed by atoms with Gasteiger partial charge in [-0.2, -0.15) is 0 Å². The molecular weight excluding hydrogens is 392 g/mol. The molecule has 26 heavy (non-hydrogen) atoms. The lowest BCUT2D eigenvalue weighted by molar-refractivity contribution is 0.103. The predicted octanol–water partition coefficient (Wildman–Crippen LogP) is 6.30. The quantitative estimate of drug-likeness (QED) is 0.501. The van der Waals surface area contributed by atoms with Crippen molar-refractivity contribution >= 4 is 21.7 Å². The van der Waals surface area contributed by atoms with E-state index >= 15 is 0 Å². The molecule has 0 fully saturated rings. The highest BCUT2D eigenvalue weighted by atomic mass is 79.9. The lowest BCUT2D eigenvalue weighted by atomic mass is 9.95. The fourth-order valence-corrected chi connectivity index (χ4v) is 2.95. The number of halogens is 1. The highest BCUT2D eigenvalue weighted by molar-refractivity contribution is 9.10. The maximum absolute atomic E-state index is 12.7. The van der Waals surface area contributed by atoms with Crippen LogP contribution in [0.1, 0.15) is 41.3 Å². The molecule has 1 N–H and O–H groups in total. The number of aromatic hydroxyl groups is 1.